The molecule has 1 fully saturated rings. The summed E-state index contributed by atoms with van der Waals surface area (Å²) < 4.78 is 22.4. The Morgan fingerprint density at radius 3 is 1.76 bits per heavy atom. The van der Waals surface area contributed by atoms with E-state index in [2.05, 4.69) is 0 Å². The number of rotatable bonds is 4. The summed E-state index contributed by atoms with van der Waals surface area (Å²) in [4.78, 5) is 37.9. The van der Waals surface area contributed by atoms with Gasteiger partial charge in [-0.15, -0.1) is 0 Å². The SMILES string of the molecule is NC(CN1CCCCC1)(P(=O)(O)O)P(=O)(O)O. The minimum Gasteiger partial charge on any atom is -0.323 e. The van der Waals surface area contributed by atoms with E-state index < -0.39 is 26.8 Å². The molecule has 1 rings (SSSR count). The molecule has 8 nitrogen and oxygen atoms in total. The van der Waals surface area contributed by atoms with Crippen LogP contribution in [0.1, 0.15) is 19.3 Å². The fraction of sp³-hybridized carbons (Fsp3) is 1.00. The lowest BCUT2D eigenvalue weighted by Crippen LogP contribution is -2.50. The number of nitrogens with two attached hydrogens (primary N) is 1. The van der Waals surface area contributed by atoms with Crippen LogP contribution in [-0.4, -0.2) is 49.1 Å². The molecular formula is C7H18N2O6P2. The van der Waals surface area contributed by atoms with E-state index >= 15 is 0 Å². The monoisotopic (exact) mass is 288 g/mol. The Labute approximate surface area is 99.1 Å². The molecule has 1 aliphatic heterocycles. The van der Waals surface area contributed by atoms with Gasteiger partial charge in [0.25, 0.3) is 0 Å². The van der Waals surface area contributed by atoms with Gasteiger partial charge in [0.05, 0.1) is 0 Å². The molecule has 0 aromatic carbocycles. The van der Waals surface area contributed by atoms with Crippen molar-refractivity contribution in [1.29, 1.82) is 0 Å². The summed E-state index contributed by atoms with van der Waals surface area (Å²) >= 11 is 0. The van der Waals surface area contributed by atoms with E-state index in [0.717, 1.165) is 19.3 Å². The van der Waals surface area contributed by atoms with Gasteiger partial charge in [0.15, 0.2) is 0 Å². The van der Waals surface area contributed by atoms with E-state index in [1.54, 1.807) is 4.90 Å². The lowest BCUT2D eigenvalue weighted by atomic mass is 10.1. The molecule has 102 valence electrons. The van der Waals surface area contributed by atoms with Gasteiger partial charge in [0.2, 0.25) is 5.02 Å². The van der Waals surface area contributed by atoms with Crippen LogP contribution >= 0.6 is 15.2 Å². The van der Waals surface area contributed by atoms with Crippen LogP contribution in [0.4, 0.5) is 0 Å². The van der Waals surface area contributed by atoms with Crippen LogP contribution in [0, 0.1) is 0 Å². The number of hydrogen-bond acceptors (Lipinski definition) is 4. The molecule has 0 bridgehead atoms. The fourth-order valence-corrected chi connectivity index (χ4v) is 3.93. The van der Waals surface area contributed by atoms with Crippen LogP contribution in [0.5, 0.6) is 0 Å². The highest BCUT2D eigenvalue weighted by Crippen LogP contribution is 2.65. The minimum absolute atomic E-state index is 0.498. The summed E-state index contributed by atoms with van der Waals surface area (Å²) in [6, 6.07) is 0. The molecule has 0 amide bonds. The Morgan fingerprint density at radius 1 is 1.00 bits per heavy atom. The van der Waals surface area contributed by atoms with Gasteiger partial charge in [0, 0.05) is 6.54 Å². The topological polar surface area (TPSA) is 144 Å². The van der Waals surface area contributed by atoms with Crippen molar-refractivity contribution in [3.8, 4) is 0 Å². The van der Waals surface area contributed by atoms with Gasteiger partial charge in [-0.25, -0.2) is 0 Å². The Hall–Kier alpha value is 0.220. The van der Waals surface area contributed by atoms with Gasteiger partial charge in [-0.1, -0.05) is 6.42 Å². The maximum atomic E-state index is 11.2. The van der Waals surface area contributed by atoms with Crippen molar-refractivity contribution in [3.05, 3.63) is 0 Å². The van der Waals surface area contributed by atoms with Crippen LogP contribution in [-0.2, 0) is 9.13 Å². The third-order valence-electron chi connectivity index (χ3n) is 2.91. The zero-order chi connectivity index (χ0) is 13.3. The number of piperidine rings is 1. The van der Waals surface area contributed by atoms with Crippen LogP contribution in [0.3, 0.4) is 0 Å². The molecule has 17 heavy (non-hydrogen) atoms. The summed E-state index contributed by atoms with van der Waals surface area (Å²) in [5, 5.41) is -2.81. The quantitative estimate of drug-likeness (QED) is 0.433. The molecule has 0 aliphatic carbocycles. The van der Waals surface area contributed by atoms with Crippen molar-refractivity contribution < 1.29 is 28.7 Å². The van der Waals surface area contributed by atoms with Crippen LogP contribution < -0.4 is 5.73 Å². The molecule has 0 radical (unpaired) electrons. The average molecular weight is 288 g/mol. The van der Waals surface area contributed by atoms with E-state index in [4.69, 9.17) is 25.3 Å². The standard InChI is InChI=1S/C7H18N2O6P2/c8-7(16(10,11)12,17(13,14)15)6-9-4-2-1-3-5-9/h1-6,8H2,(H2,10,11,12)(H2,13,14,15). The van der Waals surface area contributed by atoms with E-state index in [9.17, 15) is 9.13 Å². The largest absolute Gasteiger partial charge is 0.359 e. The van der Waals surface area contributed by atoms with Crippen LogP contribution in [0.2, 0.25) is 0 Å². The molecule has 0 unspecified atom stereocenters. The highest BCUT2D eigenvalue weighted by molar-refractivity contribution is 7.72. The highest BCUT2D eigenvalue weighted by Gasteiger charge is 2.58. The van der Waals surface area contributed by atoms with E-state index in [0.29, 0.717) is 13.1 Å². The van der Waals surface area contributed by atoms with Crippen molar-refractivity contribution in [2.75, 3.05) is 19.6 Å². The van der Waals surface area contributed by atoms with E-state index in [-0.39, 0.29) is 0 Å². The van der Waals surface area contributed by atoms with E-state index in [1.165, 1.54) is 0 Å². The molecule has 0 aromatic heterocycles. The average Bonchev–Trinajstić information content (AvgIpc) is 2.15. The first-order valence-electron chi connectivity index (χ1n) is 5.20. The van der Waals surface area contributed by atoms with E-state index in [1.807, 2.05) is 0 Å². The molecule has 0 aromatic rings. The normalized spacial score (nSPS) is 20.5. The molecule has 0 atom stereocenters. The Morgan fingerprint density at radius 2 is 1.41 bits per heavy atom. The maximum absolute atomic E-state index is 11.2. The van der Waals surface area contributed by atoms with Crippen LogP contribution in [0.15, 0.2) is 0 Å². The third-order valence-corrected chi connectivity index (χ3v) is 6.78. The summed E-state index contributed by atoms with van der Waals surface area (Å²) in [5.41, 5.74) is 5.32. The second-order valence-electron chi connectivity index (χ2n) is 4.30. The van der Waals surface area contributed by atoms with Gasteiger partial charge >= 0.3 is 15.2 Å². The first kappa shape index (κ1) is 15.3. The lowest BCUT2D eigenvalue weighted by molar-refractivity contribution is 0.198. The highest BCUT2D eigenvalue weighted by atomic mass is 31.2. The second kappa shape index (κ2) is 5.07. The second-order valence-corrected chi connectivity index (χ2v) is 8.43. The molecule has 1 heterocycles. The van der Waals surface area contributed by atoms with Gasteiger partial charge in [-0.05, 0) is 25.9 Å². The minimum atomic E-state index is -5.10. The van der Waals surface area contributed by atoms with Crippen molar-refractivity contribution in [1.82, 2.24) is 4.90 Å². The molecule has 0 saturated carbocycles. The van der Waals surface area contributed by atoms with Gasteiger partial charge in [-0.2, -0.15) is 0 Å². The van der Waals surface area contributed by atoms with Gasteiger partial charge in [0.1, 0.15) is 0 Å². The zero-order valence-corrected chi connectivity index (χ0v) is 11.1. The predicted molar refractivity (Wildman–Crippen MR) is 61.3 cm³/mol. The number of likely N-dealkylation sites (tertiary alicyclic amines) is 1. The van der Waals surface area contributed by atoms with Crippen molar-refractivity contribution >= 4 is 15.2 Å². The maximum Gasteiger partial charge on any atom is 0.359 e. The van der Waals surface area contributed by atoms with Crippen molar-refractivity contribution in [2.24, 2.45) is 5.73 Å². The molecular weight excluding hydrogens is 270 g/mol. The summed E-state index contributed by atoms with van der Waals surface area (Å²) in [5.74, 6) is 0. The molecule has 10 heteroatoms. The first-order valence-corrected chi connectivity index (χ1v) is 8.43. The Balaban J connectivity index is 2.92. The zero-order valence-electron chi connectivity index (χ0n) is 9.27. The fourth-order valence-electron chi connectivity index (χ4n) is 1.80. The predicted octanol–water partition coefficient (Wildman–Crippen LogP) is -0.560. The smallest absolute Gasteiger partial charge is 0.323 e. The summed E-state index contributed by atoms with van der Waals surface area (Å²) in [6.07, 6.45) is 2.66. The van der Waals surface area contributed by atoms with Gasteiger partial charge < -0.3 is 30.2 Å². The molecule has 1 saturated heterocycles. The number of hydrogen-bond donors (Lipinski definition) is 5. The first-order chi connectivity index (χ1) is 7.58. The lowest BCUT2D eigenvalue weighted by Gasteiger charge is -2.37. The summed E-state index contributed by atoms with van der Waals surface area (Å²) in [6.45, 7) is 0.583. The molecule has 1 aliphatic rings. The van der Waals surface area contributed by atoms with Crippen LogP contribution in [0.25, 0.3) is 0 Å². The number of nitrogens with zero attached hydrogens (tertiary/aromatic N) is 1. The molecule has 6 N–H and O–H groups in total. The summed E-state index contributed by atoms with van der Waals surface area (Å²) in [7, 11) is -10.2. The van der Waals surface area contributed by atoms with Crippen molar-refractivity contribution in [3.63, 3.8) is 0 Å². The van der Waals surface area contributed by atoms with Gasteiger partial charge in [-0.3, -0.25) is 9.13 Å². The Bertz CT molecular complexity index is 335. The molecule has 0 spiro atoms. The van der Waals surface area contributed by atoms with Crippen molar-refractivity contribution in [2.45, 2.75) is 24.3 Å². The Kier molecular flexibility index (Phi) is 4.56. The third kappa shape index (κ3) is 3.36.